The SMILES string of the molecule is CCN(CC)Cc1conc1C(N)=O. The van der Waals surface area contributed by atoms with E-state index in [2.05, 4.69) is 23.9 Å². The maximum absolute atomic E-state index is 10.9. The maximum atomic E-state index is 10.9. The van der Waals surface area contributed by atoms with E-state index in [1.165, 1.54) is 6.26 Å². The van der Waals surface area contributed by atoms with Crippen LogP contribution in [0.25, 0.3) is 0 Å². The van der Waals surface area contributed by atoms with Crippen molar-refractivity contribution in [3.63, 3.8) is 0 Å². The van der Waals surface area contributed by atoms with Crippen LogP contribution in [0.15, 0.2) is 10.8 Å². The van der Waals surface area contributed by atoms with Crippen molar-refractivity contribution in [1.29, 1.82) is 0 Å². The zero-order valence-electron chi connectivity index (χ0n) is 8.49. The molecule has 0 radical (unpaired) electrons. The number of hydrogen-bond acceptors (Lipinski definition) is 4. The van der Waals surface area contributed by atoms with Gasteiger partial charge in [-0.15, -0.1) is 0 Å². The van der Waals surface area contributed by atoms with Gasteiger partial charge in [-0.1, -0.05) is 19.0 Å². The highest BCUT2D eigenvalue weighted by Crippen LogP contribution is 2.09. The number of aromatic nitrogens is 1. The fourth-order valence-electron chi connectivity index (χ4n) is 1.26. The van der Waals surface area contributed by atoms with Crippen LogP contribution in [0.3, 0.4) is 0 Å². The molecule has 0 aliphatic heterocycles. The third-order valence-electron chi connectivity index (χ3n) is 2.16. The summed E-state index contributed by atoms with van der Waals surface area (Å²) in [5.74, 6) is -0.541. The molecular weight excluding hydrogens is 182 g/mol. The molecule has 0 aromatic carbocycles. The number of amides is 1. The number of carbonyl (C=O) groups excluding carboxylic acids is 1. The quantitative estimate of drug-likeness (QED) is 0.750. The van der Waals surface area contributed by atoms with Crippen molar-refractivity contribution < 1.29 is 9.32 Å². The number of nitrogens with two attached hydrogens (primary N) is 1. The summed E-state index contributed by atoms with van der Waals surface area (Å²) in [6, 6.07) is 0. The monoisotopic (exact) mass is 197 g/mol. The van der Waals surface area contributed by atoms with Gasteiger partial charge in [0.25, 0.3) is 5.91 Å². The molecule has 1 aromatic rings. The minimum atomic E-state index is -0.541. The minimum absolute atomic E-state index is 0.233. The normalized spacial score (nSPS) is 10.8. The smallest absolute Gasteiger partial charge is 0.271 e. The molecule has 0 saturated carbocycles. The first-order valence-corrected chi connectivity index (χ1v) is 4.64. The second-order valence-electron chi connectivity index (χ2n) is 3.01. The fraction of sp³-hybridized carbons (Fsp3) is 0.556. The molecule has 0 unspecified atom stereocenters. The van der Waals surface area contributed by atoms with Crippen LogP contribution in [-0.2, 0) is 6.54 Å². The topological polar surface area (TPSA) is 72.4 Å². The lowest BCUT2D eigenvalue weighted by Gasteiger charge is -2.16. The number of primary amides is 1. The highest BCUT2D eigenvalue weighted by Gasteiger charge is 2.14. The summed E-state index contributed by atoms with van der Waals surface area (Å²) in [6.45, 7) is 6.59. The lowest BCUT2D eigenvalue weighted by molar-refractivity contribution is 0.0990. The second kappa shape index (κ2) is 4.76. The van der Waals surface area contributed by atoms with E-state index in [4.69, 9.17) is 10.3 Å². The van der Waals surface area contributed by atoms with Crippen LogP contribution in [0.1, 0.15) is 29.9 Å². The molecule has 0 atom stereocenters. The van der Waals surface area contributed by atoms with Crippen molar-refractivity contribution in [3.05, 3.63) is 17.5 Å². The summed E-state index contributed by atoms with van der Waals surface area (Å²) in [6.07, 6.45) is 1.47. The summed E-state index contributed by atoms with van der Waals surface area (Å²) in [5.41, 5.74) is 6.12. The first kappa shape index (κ1) is 10.7. The van der Waals surface area contributed by atoms with Gasteiger partial charge in [-0.3, -0.25) is 9.69 Å². The highest BCUT2D eigenvalue weighted by molar-refractivity contribution is 5.91. The molecule has 0 saturated heterocycles. The molecule has 1 aromatic heterocycles. The van der Waals surface area contributed by atoms with Crippen LogP contribution in [0.5, 0.6) is 0 Å². The predicted molar refractivity (Wildman–Crippen MR) is 51.6 cm³/mol. The Morgan fingerprint density at radius 1 is 1.57 bits per heavy atom. The Bertz CT molecular complexity index is 305. The van der Waals surface area contributed by atoms with Gasteiger partial charge in [0, 0.05) is 12.1 Å². The molecule has 5 heteroatoms. The van der Waals surface area contributed by atoms with Gasteiger partial charge in [0.15, 0.2) is 5.69 Å². The van der Waals surface area contributed by atoms with Gasteiger partial charge in [0.05, 0.1) is 0 Å². The molecule has 78 valence electrons. The average molecular weight is 197 g/mol. The van der Waals surface area contributed by atoms with Crippen LogP contribution < -0.4 is 5.73 Å². The van der Waals surface area contributed by atoms with Gasteiger partial charge < -0.3 is 10.3 Å². The molecule has 1 rings (SSSR count). The van der Waals surface area contributed by atoms with E-state index in [9.17, 15) is 4.79 Å². The lowest BCUT2D eigenvalue weighted by atomic mass is 10.2. The van der Waals surface area contributed by atoms with Crippen LogP contribution in [-0.4, -0.2) is 29.1 Å². The average Bonchev–Trinajstić information content (AvgIpc) is 2.62. The van der Waals surface area contributed by atoms with E-state index >= 15 is 0 Å². The maximum Gasteiger partial charge on any atom is 0.271 e. The van der Waals surface area contributed by atoms with E-state index in [-0.39, 0.29) is 5.69 Å². The van der Waals surface area contributed by atoms with Crippen LogP contribution in [0.4, 0.5) is 0 Å². The molecule has 14 heavy (non-hydrogen) atoms. The highest BCUT2D eigenvalue weighted by atomic mass is 16.5. The Morgan fingerprint density at radius 3 is 2.71 bits per heavy atom. The largest absolute Gasteiger partial charge is 0.364 e. The molecule has 2 N–H and O–H groups in total. The first-order chi connectivity index (χ1) is 6.69. The Hall–Kier alpha value is -1.36. The Labute approximate surface area is 82.8 Å². The fourth-order valence-corrected chi connectivity index (χ4v) is 1.26. The molecule has 1 amide bonds. The minimum Gasteiger partial charge on any atom is -0.364 e. The third kappa shape index (κ3) is 2.32. The van der Waals surface area contributed by atoms with Crippen LogP contribution >= 0.6 is 0 Å². The Morgan fingerprint density at radius 2 is 2.21 bits per heavy atom. The van der Waals surface area contributed by atoms with Gasteiger partial charge in [-0.2, -0.15) is 0 Å². The number of rotatable bonds is 5. The van der Waals surface area contributed by atoms with Crippen molar-refractivity contribution >= 4 is 5.91 Å². The molecule has 5 nitrogen and oxygen atoms in total. The summed E-state index contributed by atoms with van der Waals surface area (Å²) in [5, 5.41) is 3.56. The van der Waals surface area contributed by atoms with E-state index in [0.717, 1.165) is 18.7 Å². The Kier molecular flexibility index (Phi) is 3.64. The number of hydrogen-bond donors (Lipinski definition) is 1. The van der Waals surface area contributed by atoms with Gasteiger partial charge in [-0.05, 0) is 13.1 Å². The van der Waals surface area contributed by atoms with Gasteiger partial charge in [-0.25, -0.2) is 0 Å². The number of nitrogens with zero attached hydrogens (tertiary/aromatic N) is 2. The van der Waals surface area contributed by atoms with E-state index in [0.29, 0.717) is 6.54 Å². The molecule has 0 bridgehead atoms. The second-order valence-corrected chi connectivity index (χ2v) is 3.01. The summed E-state index contributed by atoms with van der Waals surface area (Å²) >= 11 is 0. The van der Waals surface area contributed by atoms with Crippen molar-refractivity contribution in [3.8, 4) is 0 Å². The summed E-state index contributed by atoms with van der Waals surface area (Å²) in [4.78, 5) is 13.1. The third-order valence-corrected chi connectivity index (χ3v) is 2.16. The van der Waals surface area contributed by atoms with Gasteiger partial charge in [0.2, 0.25) is 0 Å². The van der Waals surface area contributed by atoms with E-state index in [1.807, 2.05) is 0 Å². The van der Waals surface area contributed by atoms with Crippen LogP contribution in [0.2, 0.25) is 0 Å². The zero-order valence-corrected chi connectivity index (χ0v) is 8.49. The summed E-state index contributed by atoms with van der Waals surface area (Å²) < 4.78 is 4.72. The van der Waals surface area contributed by atoms with Gasteiger partial charge in [0.1, 0.15) is 6.26 Å². The molecule has 1 heterocycles. The first-order valence-electron chi connectivity index (χ1n) is 4.64. The predicted octanol–water partition coefficient (Wildman–Crippen LogP) is 0.615. The standard InChI is InChI=1S/C9H15N3O2/c1-3-12(4-2)5-7-6-14-11-8(7)9(10)13/h6H,3-5H2,1-2H3,(H2,10,13). The van der Waals surface area contributed by atoms with E-state index < -0.39 is 5.91 Å². The molecule has 0 aliphatic rings. The molecule has 0 aliphatic carbocycles. The zero-order chi connectivity index (χ0) is 10.6. The van der Waals surface area contributed by atoms with Crippen molar-refractivity contribution in [2.24, 2.45) is 5.73 Å². The van der Waals surface area contributed by atoms with Gasteiger partial charge >= 0.3 is 0 Å². The van der Waals surface area contributed by atoms with E-state index in [1.54, 1.807) is 0 Å². The van der Waals surface area contributed by atoms with Crippen LogP contribution in [0, 0.1) is 0 Å². The van der Waals surface area contributed by atoms with Crippen molar-refractivity contribution in [1.82, 2.24) is 10.1 Å². The summed E-state index contributed by atoms with van der Waals surface area (Å²) in [7, 11) is 0. The lowest BCUT2D eigenvalue weighted by Crippen LogP contribution is -2.24. The van der Waals surface area contributed by atoms with Crippen molar-refractivity contribution in [2.75, 3.05) is 13.1 Å². The molecule has 0 fully saturated rings. The number of carbonyl (C=O) groups is 1. The Balaban J connectivity index is 2.75. The molecular formula is C9H15N3O2. The molecule has 0 spiro atoms. The van der Waals surface area contributed by atoms with Crippen molar-refractivity contribution in [2.45, 2.75) is 20.4 Å².